The van der Waals surface area contributed by atoms with Crippen LogP contribution in [0.1, 0.15) is 44.7 Å². The van der Waals surface area contributed by atoms with Gasteiger partial charge in [0.25, 0.3) is 0 Å². The molecule has 0 saturated carbocycles. The molecule has 3 rings (SSSR count). The minimum Gasteiger partial charge on any atom is -0.361 e. The second kappa shape index (κ2) is 11.5. The van der Waals surface area contributed by atoms with Crippen LogP contribution < -0.4 is 0 Å². The molecule has 3 aromatic rings. The highest BCUT2D eigenvalue weighted by Crippen LogP contribution is 2.19. The number of rotatable bonds is 11. The fourth-order valence-corrected chi connectivity index (χ4v) is 3.99. The van der Waals surface area contributed by atoms with E-state index in [9.17, 15) is 9.59 Å². The number of fused-ring (bicyclic) bond motifs is 1. The van der Waals surface area contributed by atoms with Gasteiger partial charge in [0.05, 0.1) is 6.54 Å². The van der Waals surface area contributed by atoms with E-state index in [1.165, 1.54) is 10.9 Å². The van der Waals surface area contributed by atoms with Crippen LogP contribution in [0.5, 0.6) is 0 Å². The molecule has 0 aliphatic rings. The van der Waals surface area contributed by atoms with E-state index < -0.39 is 0 Å². The number of nitrogens with zero attached hydrogens (tertiary/aromatic N) is 2. The van der Waals surface area contributed by atoms with Gasteiger partial charge in [-0.3, -0.25) is 9.59 Å². The fourth-order valence-electron chi connectivity index (χ4n) is 3.99. The van der Waals surface area contributed by atoms with Crippen molar-refractivity contribution in [3.05, 3.63) is 71.9 Å². The van der Waals surface area contributed by atoms with Crippen molar-refractivity contribution < 1.29 is 9.59 Å². The zero-order chi connectivity index (χ0) is 22.9. The van der Waals surface area contributed by atoms with Gasteiger partial charge in [-0.15, -0.1) is 0 Å². The molecule has 0 radical (unpaired) electrons. The largest absolute Gasteiger partial charge is 0.361 e. The summed E-state index contributed by atoms with van der Waals surface area (Å²) in [6.45, 7) is 8.01. The lowest BCUT2D eigenvalue weighted by Gasteiger charge is -2.28. The number of H-pyrrole nitrogens is 1. The van der Waals surface area contributed by atoms with E-state index >= 15 is 0 Å². The molecule has 0 spiro atoms. The number of carbonyl (C=O) groups is 2. The summed E-state index contributed by atoms with van der Waals surface area (Å²) in [6, 6.07) is 18.3. The maximum absolute atomic E-state index is 13.4. The van der Waals surface area contributed by atoms with Crippen molar-refractivity contribution in [2.24, 2.45) is 5.92 Å². The summed E-state index contributed by atoms with van der Waals surface area (Å²) < 4.78 is 0. The van der Waals surface area contributed by atoms with Crippen molar-refractivity contribution in [3.8, 4) is 0 Å². The van der Waals surface area contributed by atoms with Crippen molar-refractivity contribution in [3.63, 3.8) is 0 Å². The summed E-state index contributed by atoms with van der Waals surface area (Å²) in [5.41, 5.74) is 3.40. The zero-order valence-electron chi connectivity index (χ0n) is 19.5. The Balaban J connectivity index is 1.74. The van der Waals surface area contributed by atoms with Gasteiger partial charge in [-0.1, -0.05) is 69.3 Å². The van der Waals surface area contributed by atoms with Crippen LogP contribution in [0, 0.1) is 5.92 Å². The van der Waals surface area contributed by atoms with E-state index in [0.717, 1.165) is 23.9 Å². The second-order valence-corrected chi connectivity index (χ2v) is 8.82. The van der Waals surface area contributed by atoms with Gasteiger partial charge in [0, 0.05) is 43.2 Å². The summed E-state index contributed by atoms with van der Waals surface area (Å²) in [5, 5.41) is 1.19. The maximum Gasteiger partial charge on any atom is 0.242 e. The summed E-state index contributed by atoms with van der Waals surface area (Å²) in [6.07, 6.45) is 4.11. The van der Waals surface area contributed by atoms with Crippen molar-refractivity contribution >= 4 is 22.7 Å². The number of aromatic nitrogens is 1. The smallest absolute Gasteiger partial charge is 0.242 e. The average molecular weight is 434 g/mol. The SMILES string of the molecule is CCCN(CC(=O)N(CCc1c[nH]c2ccccc12)Cc1ccccc1)C(=O)CC(C)C. The molecule has 0 aliphatic carbocycles. The van der Waals surface area contributed by atoms with E-state index in [4.69, 9.17) is 0 Å². The van der Waals surface area contributed by atoms with E-state index in [1.54, 1.807) is 4.90 Å². The summed E-state index contributed by atoms with van der Waals surface area (Å²) in [4.78, 5) is 33.0. The molecule has 0 atom stereocenters. The second-order valence-electron chi connectivity index (χ2n) is 8.82. The molecule has 1 N–H and O–H groups in total. The van der Waals surface area contributed by atoms with Crippen molar-refractivity contribution in [1.82, 2.24) is 14.8 Å². The van der Waals surface area contributed by atoms with Gasteiger partial charge in [0.2, 0.25) is 11.8 Å². The Kier molecular flexibility index (Phi) is 8.48. The van der Waals surface area contributed by atoms with Crippen molar-refractivity contribution in [2.75, 3.05) is 19.6 Å². The maximum atomic E-state index is 13.4. The minimum atomic E-state index is -0.000694. The Morgan fingerprint density at radius 3 is 2.34 bits per heavy atom. The topological polar surface area (TPSA) is 56.4 Å². The average Bonchev–Trinajstić information content (AvgIpc) is 3.19. The van der Waals surface area contributed by atoms with Gasteiger partial charge in [0.15, 0.2) is 0 Å². The van der Waals surface area contributed by atoms with Crippen LogP contribution in [0.25, 0.3) is 10.9 Å². The van der Waals surface area contributed by atoms with Crippen LogP contribution in [-0.2, 0) is 22.6 Å². The molecule has 32 heavy (non-hydrogen) atoms. The van der Waals surface area contributed by atoms with E-state index in [2.05, 4.69) is 17.1 Å². The van der Waals surface area contributed by atoms with Crippen LogP contribution in [-0.4, -0.2) is 46.2 Å². The third kappa shape index (κ3) is 6.46. The first-order chi connectivity index (χ1) is 15.5. The summed E-state index contributed by atoms with van der Waals surface area (Å²) in [7, 11) is 0. The minimum absolute atomic E-state index is 0.000694. The van der Waals surface area contributed by atoms with Gasteiger partial charge in [-0.25, -0.2) is 0 Å². The van der Waals surface area contributed by atoms with Gasteiger partial charge in [-0.05, 0) is 36.0 Å². The summed E-state index contributed by atoms with van der Waals surface area (Å²) >= 11 is 0. The van der Waals surface area contributed by atoms with E-state index in [-0.39, 0.29) is 24.3 Å². The first-order valence-electron chi connectivity index (χ1n) is 11.6. The monoisotopic (exact) mass is 433 g/mol. The molecule has 0 unspecified atom stereocenters. The van der Waals surface area contributed by atoms with Crippen LogP contribution in [0.2, 0.25) is 0 Å². The number of nitrogens with one attached hydrogen (secondary N) is 1. The van der Waals surface area contributed by atoms with Gasteiger partial charge in [0.1, 0.15) is 0 Å². The highest BCUT2D eigenvalue weighted by atomic mass is 16.2. The summed E-state index contributed by atoms with van der Waals surface area (Å²) in [5.74, 6) is 0.338. The number of hydrogen-bond acceptors (Lipinski definition) is 2. The fraction of sp³-hybridized carbons (Fsp3) is 0.407. The normalized spacial score (nSPS) is 11.1. The molecule has 1 heterocycles. The van der Waals surface area contributed by atoms with E-state index in [0.29, 0.717) is 26.1 Å². The highest BCUT2D eigenvalue weighted by Gasteiger charge is 2.22. The molecule has 5 nitrogen and oxygen atoms in total. The Bertz CT molecular complexity index is 1010. The molecule has 2 aromatic carbocycles. The Labute approximate surface area is 191 Å². The first-order valence-corrected chi connectivity index (χ1v) is 11.6. The molecule has 170 valence electrons. The number of aromatic amines is 1. The Morgan fingerprint density at radius 1 is 0.906 bits per heavy atom. The standard InChI is InChI=1S/C27H35N3O2/c1-4-15-29(26(31)17-21(2)3)20-27(32)30(19-22-10-6-5-7-11-22)16-14-23-18-28-25-13-9-8-12-24(23)25/h5-13,18,21,28H,4,14-17,19-20H2,1-3H3. The predicted molar refractivity (Wildman–Crippen MR) is 130 cm³/mol. The Hall–Kier alpha value is -3.08. The van der Waals surface area contributed by atoms with Crippen LogP contribution in [0.15, 0.2) is 60.8 Å². The third-order valence-corrected chi connectivity index (χ3v) is 5.65. The molecular formula is C27H35N3O2. The number of hydrogen-bond donors (Lipinski definition) is 1. The van der Waals surface area contributed by atoms with Crippen LogP contribution in [0.4, 0.5) is 0 Å². The lowest BCUT2D eigenvalue weighted by Crippen LogP contribution is -2.44. The quantitative estimate of drug-likeness (QED) is 0.461. The Morgan fingerprint density at radius 2 is 1.62 bits per heavy atom. The van der Waals surface area contributed by atoms with Gasteiger partial charge < -0.3 is 14.8 Å². The lowest BCUT2D eigenvalue weighted by molar-refractivity contribution is -0.141. The van der Waals surface area contributed by atoms with Crippen molar-refractivity contribution in [1.29, 1.82) is 0 Å². The first kappa shape index (κ1) is 23.6. The third-order valence-electron chi connectivity index (χ3n) is 5.65. The lowest BCUT2D eigenvalue weighted by atomic mass is 10.1. The highest BCUT2D eigenvalue weighted by molar-refractivity contribution is 5.85. The van der Waals surface area contributed by atoms with Crippen LogP contribution >= 0.6 is 0 Å². The van der Waals surface area contributed by atoms with Crippen LogP contribution in [0.3, 0.4) is 0 Å². The number of benzene rings is 2. The van der Waals surface area contributed by atoms with Gasteiger partial charge >= 0.3 is 0 Å². The zero-order valence-corrected chi connectivity index (χ0v) is 19.5. The molecule has 0 bridgehead atoms. The van der Waals surface area contributed by atoms with E-state index in [1.807, 2.05) is 74.3 Å². The molecule has 0 fully saturated rings. The molecule has 0 saturated heterocycles. The predicted octanol–water partition coefficient (Wildman–Crippen LogP) is 5.02. The van der Waals surface area contributed by atoms with Crippen molar-refractivity contribution in [2.45, 2.75) is 46.6 Å². The number of amides is 2. The molecule has 0 aliphatic heterocycles. The molecular weight excluding hydrogens is 398 g/mol. The molecule has 1 aromatic heterocycles. The number of carbonyl (C=O) groups excluding carboxylic acids is 2. The van der Waals surface area contributed by atoms with Gasteiger partial charge in [-0.2, -0.15) is 0 Å². The molecule has 2 amide bonds. The number of para-hydroxylation sites is 1. The molecule has 5 heteroatoms.